The molecule has 5 heteroatoms. The first-order valence-electron chi connectivity index (χ1n) is 5.83. The zero-order chi connectivity index (χ0) is 14.0. The molecule has 0 fully saturated rings. The topological polar surface area (TPSA) is 76.1 Å². The monoisotopic (exact) mass is 285 g/mol. The van der Waals surface area contributed by atoms with Crippen LogP contribution in [0.5, 0.6) is 0 Å². The summed E-state index contributed by atoms with van der Waals surface area (Å²) in [4.78, 5) is 11.4. The van der Waals surface area contributed by atoms with Crippen LogP contribution in [0.3, 0.4) is 0 Å². The van der Waals surface area contributed by atoms with Crippen molar-refractivity contribution in [3.05, 3.63) is 41.5 Å². The van der Waals surface area contributed by atoms with Gasteiger partial charge in [0, 0.05) is 19.9 Å². The quantitative estimate of drug-likeness (QED) is 0.524. The molecular formula is C13H16N2O2V. The van der Waals surface area contributed by atoms with Crippen LogP contribution in [-0.2, 0) is 28.1 Å². The van der Waals surface area contributed by atoms with Gasteiger partial charge in [-0.25, -0.2) is 4.79 Å². The SMILES string of the molecule is CCOC(=O)/C(C#N)=C(/N)c1ccccc1.[3H]C.[V]. The Morgan fingerprint density at radius 1 is 1.50 bits per heavy atom. The Morgan fingerprint density at radius 3 is 2.50 bits per heavy atom. The molecule has 18 heavy (non-hydrogen) atoms. The van der Waals surface area contributed by atoms with Crippen molar-refractivity contribution >= 4 is 11.7 Å². The fraction of sp³-hybridized carbons (Fsp3) is 0.231. The van der Waals surface area contributed by atoms with Crippen LogP contribution < -0.4 is 5.73 Å². The van der Waals surface area contributed by atoms with E-state index in [1.807, 2.05) is 6.07 Å². The fourth-order valence-corrected chi connectivity index (χ4v) is 1.18. The third kappa shape index (κ3) is 4.66. The Kier molecular flexibility index (Phi) is 8.47. The van der Waals surface area contributed by atoms with Crippen molar-refractivity contribution in [2.24, 2.45) is 5.73 Å². The molecule has 0 atom stereocenters. The van der Waals surface area contributed by atoms with Gasteiger partial charge in [0.15, 0.2) is 5.57 Å². The predicted octanol–water partition coefficient (Wildman–Crippen LogP) is 2.08. The molecule has 95 valence electrons. The fourth-order valence-electron chi connectivity index (χ4n) is 1.18. The first-order chi connectivity index (χ1) is 8.70. The summed E-state index contributed by atoms with van der Waals surface area (Å²) < 4.78 is 10.5. The summed E-state index contributed by atoms with van der Waals surface area (Å²) in [5, 5.41) is 8.87. The second kappa shape index (κ2) is 9.35. The van der Waals surface area contributed by atoms with Gasteiger partial charge in [-0.05, 0) is 12.5 Å². The molecule has 0 heterocycles. The van der Waals surface area contributed by atoms with Gasteiger partial charge in [0.25, 0.3) is 0 Å². The van der Waals surface area contributed by atoms with Crippen molar-refractivity contribution in [3.8, 4) is 6.07 Å². The molecule has 0 amide bonds. The van der Waals surface area contributed by atoms with Gasteiger partial charge in [0.05, 0.1) is 12.3 Å². The van der Waals surface area contributed by atoms with E-state index in [2.05, 4.69) is 0 Å². The minimum atomic E-state index is -0.689. The standard InChI is InChI=1S/C12H12N2O2.CH4.V/c1-2-16-12(15)10(8-13)11(14)9-6-4-3-5-7-9;;/h3-7H,2,14H2,1H3;1H4;/b11-10+;;/i;1T;. The van der Waals surface area contributed by atoms with Gasteiger partial charge in [-0.15, -0.1) is 0 Å². The number of ether oxygens (including phenoxy) is 1. The number of hydrogen-bond donors (Lipinski definition) is 1. The zero-order valence-electron chi connectivity index (χ0n) is 11.4. The van der Waals surface area contributed by atoms with Crippen LogP contribution in [0.25, 0.3) is 5.70 Å². The molecule has 1 rings (SSSR count). The van der Waals surface area contributed by atoms with Crippen molar-refractivity contribution in [2.45, 2.75) is 14.3 Å². The molecule has 2 N–H and O–H groups in total. The van der Waals surface area contributed by atoms with Crippen LogP contribution in [0.4, 0.5) is 0 Å². The minimum Gasteiger partial charge on any atom is -0.462 e. The Labute approximate surface area is 121 Å². The van der Waals surface area contributed by atoms with Gasteiger partial charge in [0.2, 0.25) is 0 Å². The van der Waals surface area contributed by atoms with Crippen LogP contribution in [-0.4, -0.2) is 12.6 Å². The van der Waals surface area contributed by atoms with Gasteiger partial charge in [-0.1, -0.05) is 37.7 Å². The molecular weight excluding hydrogens is 267 g/mol. The molecule has 0 spiro atoms. The number of esters is 1. The van der Waals surface area contributed by atoms with E-state index >= 15 is 0 Å². The second-order valence-corrected chi connectivity index (χ2v) is 2.99. The van der Waals surface area contributed by atoms with E-state index in [0.29, 0.717) is 5.56 Å². The molecule has 1 aromatic rings. The maximum Gasteiger partial charge on any atom is 0.351 e. The Bertz CT molecular complexity index is 455. The minimum absolute atomic E-state index is 0. The number of hydrogen-bond acceptors (Lipinski definition) is 4. The molecule has 0 unspecified atom stereocenters. The molecule has 1 aromatic carbocycles. The van der Waals surface area contributed by atoms with E-state index in [-0.39, 0.29) is 36.4 Å². The van der Waals surface area contributed by atoms with Gasteiger partial charge in [-0.2, -0.15) is 5.26 Å². The maximum absolute atomic E-state index is 11.4. The van der Waals surface area contributed by atoms with E-state index in [1.165, 1.54) is 7.40 Å². The van der Waals surface area contributed by atoms with E-state index in [9.17, 15) is 4.79 Å². The van der Waals surface area contributed by atoms with Gasteiger partial charge >= 0.3 is 5.97 Å². The molecule has 1 radical (unpaired) electrons. The van der Waals surface area contributed by atoms with Crippen LogP contribution >= 0.6 is 0 Å². The summed E-state index contributed by atoms with van der Waals surface area (Å²) in [6.07, 6.45) is 0. The first-order valence-corrected chi connectivity index (χ1v) is 4.83. The zero-order valence-corrected chi connectivity index (χ0v) is 11.8. The number of nitriles is 1. The molecule has 0 saturated heterocycles. The first kappa shape index (κ1) is 16.3. The average molecular weight is 285 g/mol. The van der Waals surface area contributed by atoms with Crippen molar-refractivity contribution < 1.29 is 29.5 Å². The molecule has 0 aliphatic heterocycles. The van der Waals surface area contributed by atoms with Crippen LogP contribution in [0, 0.1) is 11.3 Å². The van der Waals surface area contributed by atoms with Crippen LogP contribution in [0.2, 0.25) is 0 Å². The molecule has 0 aliphatic carbocycles. The maximum atomic E-state index is 11.4. The molecule has 0 aliphatic rings. The number of benzene rings is 1. The summed E-state index contributed by atoms with van der Waals surface area (Å²) in [7, 11) is 1.25. The van der Waals surface area contributed by atoms with E-state index < -0.39 is 5.97 Å². The van der Waals surface area contributed by atoms with Crippen LogP contribution in [0.1, 0.15) is 21.3 Å². The predicted molar refractivity (Wildman–Crippen MR) is 66.5 cm³/mol. The average Bonchev–Trinajstić information content (AvgIpc) is 2.43. The third-order valence-corrected chi connectivity index (χ3v) is 1.95. The molecule has 0 bridgehead atoms. The molecule has 4 nitrogen and oxygen atoms in total. The van der Waals surface area contributed by atoms with Crippen molar-refractivity contribution in [1.82, 2.24) is 0 Å². The Morgan fingerprint density at radius 2 is 2.06 bits per heavy atom. The van der Waals surface area contributed by atoms with Crippen LogP contribution in [0.15, 0.2) is 35.9 Å². The number of carbonyl (C=O) groups is 1. The normalized spacial score (nSPS) is 10.4. The van der Waals surface area contributed by atoms with Gasteiger partial charge in [0.1, 0.15) is 6.07 Å². The van der Waals surface area contributed by atoms with Crippen molar-refractivity contribution in [3.63, 3.8) is 0 Å². The molecule has 0 aromatic heterocycles. The number of carbonyl (C=O) groups excluding carboxylic acids is 1. The summed E-state index contributed by atoms with van der Waals surface area (Å²) in [6, 6.07) is 10.6. The van der Waals surface area contributed by atoms with Gasteiger partial charge < -0.3 is 10.5 Å². The Hall–Kier alpha value is -1.70. The third-order valence-electron chi connectivity index (χ3n) is 1.95. The summed E-state index contributed by atoms with van der Waals surface area (Å²) in [5.41, 5.74) is 6.35. The van der Waals surface area contributed by atoms with Crippen molar-refractivity contribution in [2.75, 3.05) is 6.61 Å². The van der Waals surface area contributed by atoms with Crippen molar-refractivity contribution in [1.29, 1.82) is 5.26 Å². The summed E-state index contributed by atoms with van der Waals surface area (Å²) >= 11 is 0. The number of nitrogens with zero attached hydrogens (tertiary/aromatic N) is 1. The van der Waals surface area contributed by atoms with E-state index in [4.69, 9.17) is 17.1 Å². The number of nitrogens with two attached hydrogens (primary N) is 1. The van der Waals surface area contributed by atoms with E-state index in [1.54, 1.807) is 37.3 Å². The number of rotatable bonds is 3. The Balaban J connectivity index is 0. The molecule has 0 saturated carbocycles. The smallest absolute Gasteiger partial charge is 0.351 e. The second-order valence-electron chi connectivity index (χ2n) is 2.99. The van der Waals surface area contributed by atoms with E-state index in [0.717, 1.165) is 0 Å². The summed E-state index contributed by atoms with van der Waals surface area (Å²) in [6.45, 7) is 1.89. The summed E-state index contributed by atoms with van der Waals surface area (Å²) in [5.74, 6) is -0.689. The largest absolute Gasteiger partial charge is 0.462 e. The van der Waals surface area contributed by atoms with Gasteiger partial charge in [-0.3, -0.25) is 0 Å².